The normalized spacial score (nSPS) is 18.1. The van der Waals surface area contributed by atoms with Crippen molar-refractivity contribution in [1.82, 2.24) is 10.6 Å². The zero-order valence-electron chi connectivity index (χ0n) is 20.5. The van der Waals surface area contributed by atoms with E-state index in [0.29, 0.717) is 16.8 Å². The highest BCUT2D eigenvalue weighted by Gasteiger charge is 2.35. The van der Waals surface area contributed by atoms with Gasteiger partial charge in [-0.1, -0.05) is 48.5 Å². The van der Waals surface area contributed by atoms with E-state index < -0.39 is 12.2 Å². The van der Waals surface area contributed by atoms with Crippen LogP contribution in [-0.2, 0) is 9.53 Å². The number of benzene rings is 3. The van der Waals surface area contributed by atoms with Gasteiger partial charge in [0.25, 0.3) is 0 Å². The topological polar surface area (TPSA) is 87.7 Å². The third-order valence-electron chi connectivity index (χ3n) is 7.14. The molecule has 0 aromatic heterocycles. The van der Waals surface area contributed by atoms with Gasteiger partial charge >= 0.3 is 6.09 Å². The number of hydrogen-bond donors (Lipinski definition) is 2. The van der Waals surface area contributed by atoms with E-state index in [-0.39, 0.29) is 49.4 Å². The van der Waals surface area contributed by atoms with Crippen LogP contribution in [0.15, 0.2) is 60.7 Å². The summed E-state index contributed by atoms with van der Waals surface area (Å²) in [6.07, 6.45) is 0.609. The fourth-order valence-electron chi connectivity index (χ4n) is 5.25. The molecule has 0 spiro atoms. The molecule has 1 atom stereocenters. The van der Waals surface area contributed by atoms with Crippen LogP contribution in [0.5, 0.6) is 0 Å². The predicted molar refractivity (Wildman–Crippen MR) is 139 cm³/mol. The second-order valence-corrected chi connectivity index (χ2v) is 9.57. The maximum absolute atomic E-state index is 14.8. The Morgan fingerprint density at radius 3 is 2.59 bits per heavy atom. The number of piperidine rings is 1. The van der Waals surface area contributed by atoms with E-state index in [9.17, 15) is 18.8 Å². The van der Waals surface area contributed by atoms with Gasteiger partial charge in [0.15, 0.2) is 5.78 Å². The van der Waals surface area contributed by atoms with E-state index in [4.69, 9.17) is 4.74 Å². The number of amides is 2. The van der Waals surface area contributed by atoms with Gasteiger partial charge in [0.1, 0.15) is 11.9 Å². The molecule has 5 rings (SSSR count). The number of anilines is 1. The summed E-state index contributed by atoms with van der Waals surface area (Å²) in [5.74, 6) is -0.667. The second kappa shape index (κ2) is 11.1. The van der Waals surface area contributed by atoms with Crippen LogP contribution in [0.4, 0.5) is 14.9 Å². The first-order chi connectivity index (χ1) is 18.0. The van der Waals surface area contributed by atoms with Crippen LogP contribution in [0.25, 0.3) is 10.8 Å². The molecule has 192 valence electrons. The highest BCUT2D eigenvalue weighted by atomic mass is 19.1. The van der Waals surface area contributed by atoms with E-state index in [1.54, 1.807) is 18.2 Å². The summed E-state index contributed by atoms with van der Waals surface area (Å²) < 4.78 is 20.3. The fraction of sp³-hybridized carbons (Fsp3) is 0.345. The molecule has 2 aliphatic rings. The van der Waals surface area contributed by atoms with Gasteiger partial charge in [0, 0.05) is 24.0 Å². The Balaban J connectivity index is 1.16. The summed E-state index contributed by atoms with van der Waals surface area (Å²) in [6.45, 7) is 1.96. The third kappa shape index (κ3) is 5.49. The number of hydrogen-bond acceptors (Lipinski definition) is 5. The highest BCUT2D eigenvalue weighted by molar-refractivity contribution is 6.08. The molecule has 0 aliphatic carbocycles. The van der Waals surface area contributed by atoms with Crippen LogP contribution in [0.3, 0.4) is 0 Å². The van der Waals surface area contributed by atoms with Crippen LogP contribution in [0, 0.1) is 5.82 Å². The molecule has 0 radical (unpaired) electrons. The monoisotopic (exact) mass is 503 g/mol. The van der Waals surface area contributed by atoms with E-state index in [0.717, 1.165) is 36.7 Å². The number of nitrogens with one attached hydrogen (secondary N) is 2. The van der Waals surface area contributed by atoms with E-state index in [2.05, 4.69) is 10.6 Å². The number of ketones is 1. The Kier molecular flexibility index (Phi) is 7.46. The maximum Gasteiger partial charge on any atom is 0.414 e. The number of rotatable bonds is 8. The lowest BCUT2D eigenvalue weighted by molar-refractivity contribution is -0.121. The third-order valence-corrected chi connectivity index (χ3v) is 7.14. The van der Waals surface area contributed by atoms with Crippen LogP contribution in [0.1, 0.15) is 47.5 Å². The molecule has 2 N–H and O–H groups in total. The van der Waals surface area contributed by atoms with Gasteiger partial charge in [0.2, 0.25) is 5.91 Å². The summed E-state index contributed by atoms with van der Waals surface area (Å²) in [5.41, 5.74) is 1.69. The molecule has 2 aliphatic heterocycles. The average Bonchev–Trinajstić information content (AvgIpc) is 3.30. The molecule has 3 aromatic carbocycles. The molecular formula is C29H30FN3O4. The number of ether oxygens (including phenoxy) is 1. The zero-order chi connectivity index (χ0) is 25.8. The Bertz CT molecular complexity index is 1320. The van der Waals surface area contributed by atoms with Crippen LogP contribution in [0.2, 0.25) is 0 Å². The summed E-state index contributed by atoms with van der Waals surface area (Å²) in [5, 5.41) is 7.90. The van der Waals surface area contributed by atoms with Gasteiger partial charge in [-0.3, -0.25) is 14.5 Å². The lowest BCUT2D eigenvalue weighted by Gasteiger charge is -2.27. The quantitative estimate of drug-likeness (QED) is 0.441. The molecule has 3 aromatic rings. The second-order valence-electron chi connectivity index (χ2n) is 9.57. The van der Waals surface area contributed by atoms with E-state index in [1.165, 1.54) is 11.0 Å². The van der Waals surface area contributed by atoms with Crippen molar-refractivity contribution >= 4 is 34.2 Å². The molecule has 2 fully saturated rings. The lowest BCUT2D eigenvalue weighted by atomic mass is 9.88. The van der Waals surface area contributed by atoms with Crippen LogP contribution < -0.4 is 15.5 Å². The van der Waals surface area contributed by atoms with Crippen molar-refractivity contribution in [1.29, 1.82) is 0 Å². The van der Waals surface area contributed by atoms with Crippen molar-refractivity contribution in [2.45, 2.75) is 37.7 Å². The molecule has 37 heavy (non-hydrogen) atoms. The first-order valence-electron chi connectivity index (χ1n) is 12.8. The molecule has 0 bridgehead atoms. The first kappa shape index (κ1) is 24.9. The molecule has 2 heterocycles. The number of nitrogens with zero attached hydrogens (tertiary/aromatic N) is 1. The molecule has 7 nitrogen and oxygen atoms in total. The van der Waals surface area contributed by atoms with Gasteiger partial charge in [0.05, 0.1) is 18.8 Å². The van der Waals surface area contributed by atoms with Gasteiger partial charge in [-0.25, -0.2) is 9.18 Å². The summed E-state index contributed by atoms with van der Waals surface area (Å²) in [7, 11) is 0. The molecule has 0 saturated carbocycles. The Morgan fingerprint density at radius 2 is 1.76 bits per heavy atom. The Morgan fingerprint density at radius 1 is 1.00 bits per heavy atom. The summed E-state index contributed by atoms with van der Waals surface area (Å²) >= 11 is 0. The average molecular weight is 504 g/mol. The van der Waals surface area contributed by atoms with Crippen LogP contribution >= 0.6 is 0 Å². The molecule has 2 saturated heterocycles. The molecular weight excluding hydrogens is 473 g/mol. The van der Waals surface area contributed by atoms with Crippen molar-refractivity contribution in [3.8, 4) is 0 Å². The predicted octanol–water partition coefficient (Wildman–Crippen LogP) is 4.55. The zero-order valence-corrected chi connectivity index (χ0v) is 20.5. The van der Waals surface area contributed by atoms with Gasteiger partial charge in [-0.2, -0.15) is 0 Å². The minimum Gasteiger partial charge on any atom is -0.442 e. The van der Waals surface area contributed by atoms with E-state index in [1.807, 2.05) is 36.4 Å². The molecule has 0 unspecified atom stereocenters. The fourth-order valence-corrected chi connectivity index (χ4v) is 5.25. The minimum atomic E-state index is -0.561. The highest BCUT2D eigenvalue weighted by Crippen LogP contribution is 2.37. The Labute approximate surface area is 215 Å². The maximum atomic E-state index is 14.8. The van der Waals surface area contributed by atoms with E-state index >= 15 is 0 Å². The number of Topliss-reactive ketones (excluding diaryl/α,β-unsaturated/α-hetero) is 1. The molecule has 8 heteroatoms. The standard InChI is InChI=1S/C29H30FN3O4/c30-24-9-4-10-25(28(24)20-13-15-31-16-14-20)33-18-21(37-29(33)36)17-32-27(35)12-11-26(34)23-8-3-6-19-5-1-2-7-22(19)23/h1-10,20-21,31H,11-18H2,(H,32,35)/t21-/m0/s1. The number of halogens is 1. The van der Waals surface area contributed by atoms with Crippen molar-refractivity contribution in [2.75, 3.05) is 31.1 Å². The minimum absolute atomic E-state index is 0.0308. The van der Waals surface area contributed by atoms with Gasteiger partial charge < -0.3 is 15.4 Å². The summed E-state index contributed by atoms with van der Waals surface area (Å²) in [4.78, 5) is 39.4. The smallest absolute Gasteiger partial charge is 0.414 e. The SMILES string of the molecule is O=C(CCC(=O)c1cccc2ccccc12)NC[C@H]1CN(c2cccc(F)c2C2CCNCC2)C(=O)O1. The number of carbonyl (C=O) groups is 3. The van der Waals surface area contributed by atoms with Crippen LogP contribution in [-0.4, -0.2) is 50.1 Å². The van der Waals surface area contributed by atoms with Crippen molar-refractivity contribution in [3.63, 3.8) is 0 Å². The molecule has 2 amide bonds. The Hall–Kier alpha value is -3.78. The number of cyclic esters (lactones) is 1. The largest absolute Gasteiger partial charge is 0.442 e. The number of carbonyl (C=O) groups excluding carboxylic acids is 3. The lowest BCUT2D eigenvalue weighted by Crippen LogP contribution is -2.35. The summed E-state index contributed by atoms with van der Waals surface area (Å²) in [6, 6.07) is 18.0. The van der Waals surface area contributed by atoms with Crippen molar-refractivity contribution < 1.29 is 23.5 Å². The van der Waals surface area contributed by atoms with Gasteiger partial charge in [-0.15, -0.1) is 0 Å². The first-order valence-corrected chi connectivity index (χ1v) is 12.8. The van der Waals surface area contributed by atoms with Crippen molar-refractivity contribution in [3.05, 3.63) is 77.6 Å². The van der Waals surface area contributed by atoms with Crippen molar-refractivity contribution in [2.24, 2.45) is 0 Å². The number of fused-ring (bicyclic) bond motifs is 1. The van der Waals surface area contributed by atoms with Gasteiger partial charge in [-0.05, 0) is 54.8 Å².